The van der Waals surface area contributed by atoms with Crippen molar-refractivity contribution in [3.8, 4) is 0 Å². The molecule has 0 atom stereocenters. The fourth-order valence-corrected chi connectivity index (χ4v) is 3.39. The van der Waals surface area contributed by atoms with Crippen LogP contribution in [0.5, 0.6) is 0 Å². The van der Waals surface area contributed by atoms with Crippen molar-refractivity contribution in [2.45, 2.75) is 6.54 Å². The molecule has 0 aliphatic carbocycles. The summed E-state index contributed by atoms with van der Waals surface area (Å²) in [5.41, 5.74) is 2.85. The molecule has 9 heteroatoms. The third-order valence-corrected chi connectivity index (χ3v) is 5.02. The quantitative estimate of drug-likeness (QED) is 0.551. The average Bonchev–Trinajstić information content (AvgIpc) is 2.74. The first kappa shape index (κ1) is 13.9. The zero-order valence-electron chi connectivity index (χ0n) is 9.31. The first-order chi connectivity index (χ1) is 8.54. The summed E-state index contributed by atoms with van der Waals surface area (Å²) < 4.78 is 18.9. The van der Waals surface area contributed by atoms with Crippen LogP contribution in [-0.2, 0) is 11.1 Å². The Bertz CT molecular complexity index is 571. The van der Waals surface area contributed by atoms with Crippen LogP contribution < -0.4 is 5.32 Å². The third-order valence-electron chi connectivity index (χ3n) is 2.19. The molecule has 0 amide bonds. The number of nitrogens with one attached hydrogen (secondary N) is 1. The molecule has 3 N–H and O–H groups in total. The number of nitrogens with zero attached hydrogens (tertiary/aromatic N) is 2. The van der Waals surface area contributed by atoms with Gasteiger partial charge in [0.25, 0.3) is 0 Å². The zero-order chi connectivity index (χ0) is 13.0. The summed E-state index contributed by atoms with van der Waals surface area (Å²) in [7, 11) is 0. The zero-order valence-corrected chi connectivity index (χ0v) is 11.8. The van der Waals surface area contributed by atoms with Gasteiger partial charge in [-0.15, -0.1) is 0 Å². The minimum absolute atomic E-state index is 0.380. The molecule has 1 aromatic carbocycles. The van der Waals surface area contributed by atoms with E-state index in [0.29, 0.717) is 30.2 Å². The van der Waals surface area contributed by atoms with Gasteiger partial charge in [0.15, 0.2) is 0 Å². The number of hydrogen-bond donors (Lipinski definition) is 3. The lowest BCUT2D eigenvalue weighted by atomic mass is 10.2. The van der Waals surface area contributed by atoms with Crippen molar-refractivity contribution in [3.63, 3.8) is 0 Å². The second-order valence-electron chi connectivity index (χ2n) is 3.59. The van der Waals surface area contributed by atoms with Crippen LogP contribution in [0.25, 0.3) is 11.0 Å². The molecule has 0 bridgehead atoms. The molecule has 1 aromatic heterocycles. The van der Waals surface area contributed by atoms with Gasteiger partial charge >= 0.3 is 6.80 Å². The minimum atomic E-state index is -3.94. The Morgan fingerprint density at radius 3 is 2.89 bits per heavy atom. The summed E-state index contributed by atoms with van der Waals surface area (Å²) >= 11 is 1.84. The largest absolute Gasteiger partial charge is 0.384 e. The molecule has 0 spiro atoms. The van der Waals surface area contributed by atoms with Gasteiger partial charge in [-0.2, -0.15) is 8.75 Å². The molecule has 98 valence electrons. The van der Waals surface area contributed by atoms with Crippen molar-refractivity contribution in [2.24, 2.45) is 0 Å². The van der Waals surface area contributed by atoms with Gasteiger partial charge in [-0.25, -0.2) is 4.57 Å². The van der Waals surface area contributed by atoms with Crippen molar-refractivity contribution < 1.29 is 14.4 Å². The van der Waals surface area contributed by atoms with Crippen LogP contribution in [0.4, 0.5) is 0 Å². The van der Waals surface area contributed by atoms with Crippen LogP contribution in [0, 0.1) is 0 Å². The molecule has 0 aliphatic rings. The molecule has 18 heavy (non-hydrogen) atoms. The van der Waals surface area contributed by atoms with E-state index in [9.17, 15) is 4.57 Å². The number of rotatable bonds is 6. The van der Waals surface area contributed by atoms with Crippen molar-refractivity contribution in [1.29, 1.82) is 0 Å². The first-order valence-corrected chi connectivity index (χ1v) is 9.10. The van der Waals surface area contributed by atoms with E-state index in [1.807, 2.05) is 18.2 Å². The summed E-state index contributed by atoms with van der Waals surface area (Å²) in [6.45, 7) is -2.75. The second-order valence-corrected chi connectivity index (χ2v) is 7.97. The van der Waals surface area contributed by atoms with Crippen LogP contribution in [-0.4, -0.2) is 30.8 Å². The van der Waals surface area contributed by atoms with E-state index in [-0.39, 0.29) is 0 Å². The number of hydrogen-bond acceptors (Lipinski definition) is 6. The Morgan fingerprint density at radius 2 is 2.11 bits per heavy atom. The SMILES string of the molecule is O=P(O)(O)SCCNCc1ccc2nsnc2c1. The third kappa shape index (κ3) is 4.31. The van der Waals surface area contributed by atoms with E-state index in [4.69, 9.17) is 9.79 Å². The highest BCUT2D eigenvalue weighted by Crippen LogP contribution is 2.49. The summed E-state index contributed by atoms with van der Waals surface area (Å²) in [5, 5.41) is 3.12. The van der Waals surface area contributed by atoms with E-state index >= 15 is 0 Å². The molecule has 0 unspecified atom stereocenters. The molecule has 6 nitrogen and oxygen atoms in total. The molecule has 1 heterocycles. The molecule has 0 saturated heterocycles. The van der Waals surface area contributed by atoms with E-state index < -0.39 is 6.80 Å². The molecular weight excluding hydrogens is 293 g/mol. The Morgan fingerprint density at radius 1 is 1.33 bits per heavy atom. The number of aromatic nitrogens is 2. The number of benzene rings is 1. The van der Waals surface area contributed by atoms with Crippen LogP contribution in [0.3, 0.4) is 0 Å². The van der Waals surface area contributed by atoms with E-state index in [1.54, 1.807) is 0 Å². The smallest absolute Gasteiger partial charge is 0.317 e. The van der Waals surface area contributed by atoms with Crippen molar-refractivity contribution in [2.75, 3.05) is 12.3 Å². The Kier molecular flexibility index (Phi) is 4.71. The highest BCUT2D eigenvalue weighted by atomic mass is 32.7. The fraction of sp³-hybridized carbons (Fsp3) is 0.333. The van der Waals surface area contributed by atoms with Gasteiger partial charge in [-0.05, 0) is 29.1 Å². The van der Waals surface area contributed by atoms with Crippen LogP contribution >= 0.6 is 29.9 Å². The molecule has 0 radical (unpaired) electrons. The summed E-state index contributed by atoms with van der Waals surface area (Å²) in [6.07, 6.45) is 0. The molecule has 0 aliphatic heterocycles. The van der Waals surface area contributed by atoms with Crippen LogP contribution in [0.2, 0.25) is 0 Å². The van der Waals surface area contributed by atoms with E-state index in [1.165, 1.54) is 11.7 Å². The van der Waals surface area contributed by atoms with E-state index in [0.717, 1.165) is 16.6 Å². The Hall–Kier alpha value is -0.500. The maximum Gasteiger partial charge on any atom is 0.384 e. The highest BCUT2D eigenvalue weighted by Gasteiger charge is 2.12. The van der Waals surface area contributed by atoms with Crippen molar-refractivity contribution in [1.82, 2.24) is 14.1 Å². The molecule has 0 fully saturated rings. The monoisotopic (exact) mass is 305 g/mol. The molecule has 2 rings (SSSR count). The normalized spacial score (nSPS) is 12.1. The maximum absolute atomic E-state index is 10.6. The summed E-state index contributed by atoms with van der Waals surface area (Å²) in [4.78, 5) is 17.3. The maximum atomic E-state index is 10.6. The number of fused-ring (bicyclic) bond motifs is 1. The molecular formula is C9H12N3O3PS2. The van der Waals surface area contributed by atoms with Crippen molar-refractivity contribution >= 4 is 40.9 Å². The fourth-order valence-electron chi connectivity index (χ4n) is 1.41. The summed E-state index contributed by atoms with van der Waals surface area (Å²) in [6, 6.07) is 5.84. The summed E-state index contributed by atoms with van der Waals surface area (Å²) in [5.74, 6) is 0.380. The van der Waals surface area contributed by atoms with Crippen molar-refractivity contribution in [3.05, 3.63) is 23.8 Å². The van der Waals surface area contributed by atoms with Gasteiger partial charge in [0.2, 0.25) is 0 Å². The second kappa shape index (κ2) is 6.10. The molecule has 2 aromatic rings. The van der Waals surface area contributed by atoms with Gasteiger partial charge < -0.3 is 15.1 Å². The standard InChI is InChI=1S/C9H12N3O3PS2/c13-16(14,15)17-4-3-10-6-7-1-2-8-9(5-7)12-18-11-8/h1-2,5,10H,3-4,6H2,(H2,13,14,15). The Balaban J connectivity index is 1.78. The predicted molar refractivity (Wildman–Crippen MR) is 73.6 cm³/mol. The van der Waals surface area contributed by atoms with Gasteiger partial charge in [-0.3, -0.25) is 0 Å². The lowest BCUT2D eigenvalue weighted by Crippen LogP contribution is -2.16. The average molecular weight is 305 g/mol. The lowest BCUT2D eigenvalue weighted by molar-refractivity contribution is 0.397. The van der Waals surface area contributed by atoms with Crippen LogP contribution in [0.15, 0.2) is 18.2 Å². The lowest BCUT2D eigenvalue weighted by Gasteiger charge is -2.05. The van der Waals surface area contributed by atoms with E-state index in [2.05, 4.69) is 14.1 Å². The van der Waals surface area contributed by atoms with Gasteiger partial charge in [0.05, 0.1) is 11.7 Å². The van der Waals surface area contributed by atoms with Gasteiger partial charge in [-0.1, -0.05) is 6.07 Å². The predicted octanol–water partition coefficient (Wildman–Crippen LogP) is 1.61. The minimum Gasteiger partial charge on any atom is -0.317 e. The van der Waals surface area contributed by atoms with Gasteiger partial charge in [0.1, 0.15) is 11.0 Å². The Labute approximate surface area is 112 Å². The highest BCUT2D eigenvalue weighted by molar-refractivity contribution is 8.54. The first-order valence-electron chi connectivity index (χ1n) is 5.16. The topological polar surface area (TPSA) is 95.3 Å². The van der Waals surface area contributed by atoms with Gasteiger partial charge in [0, 0.05) is 18.8 Å². The molecule has 0 saturated carbocycles. The van der Waals surface area contributed by atoms with Crippen LogP contribution in [0.1, 0.15) is 5.56 Å².